The number of Topliss-reactive ketones (excluding diaryl/α,β-unsaturated/α-hetero) is 1. The number of ketones is 1. The quantitative estimate of drug-likeness (QED) is 0.855. The van der Waals surface area contributed by atoms with Gasteiger partial charge in [0.25, 0.3) is 0 Å². The summed E-state index contributed by atoms with van der Waals surface area (Å²) in [6.07, 6.45) is 1.36. The average Bonchev–Trinajstić information content (AvgIpc) is 2.72. The van der Waals surface area contributed by atoms with Crippen molar-refractivity contribution in [3.05, 3.63) is 51.8 Å². The molecule has 1 aromatic heterocycles. The van der Waals surface area contributed by atoms with E-state index in [-0.39, 0.29) is 11.7 Å². The van der Waals surface area contributed by atoms with Gasteiger partial charge in [-0.2, -0.15) is 5.10 Å². The first-order valence-electron chi connectivity index (χ1n) is 5.97. The first-order chi connectivity index (χ1) is 8.65. The third-order valence-electron chi connectivity index (χ3n) is 3.51. The molecule has 0 radical (unpaired) electrons. The number of H-pyrrole nitrogens is 1. The number of nitrogens with one attached hydrogen (secondary N) is 1. The third-order valence-corrected chi connectivity index (χ3v) is 3.77. The third kappa shape index (κ3) is 1.85. The normalized spacial score (nSPS) is 18.8. The van der Waals surface area contributed by atoms with E-state index in [1.807, 2.05) is 31.2 Å². The van der Waals surface area contributed by atoms with Gasteiger partial charge < -0.3 is 0 Å². The molecule has 0 saturated carbocycles. The molecular formula is C14H13ClN2O. The molecule has 1 atom stereocenters. The fraction of sp³-hybridized carbons (Fsp3) is 0.286. The Kier molecular flexibility index (Phi) is 2.71. The van der Waals surface area contributed by atoms with Crippen LogP contribution in [0.15, 0.2) is 24.3 Å². The smallest absolute Gasteiger partial charge is 0.167 e. The van der Waals surface area contributed by atoms with E-state index in [1.54, 1.807) is 0 Å². The number of rotatable bonds is 1. The number of aromatic amines is 1. The zero-order chi connectivity index (χ0) is 12.7. The van der Waals surface area contributed by atoms with Gasteiger partial charge in [0, 0.05) is 17.1 Å². The molecule has 1 aliphatic rings. The Hall–Kier alpha value is -1.61. The Morgan fingerprint density at radius 3 is 2.72 bits per heavy atom. The molecule has 1 unspecified atom stereocenters. The molecule has 1 heterocycles. The molecule has 0 fully saturated rings. The fourth-order valence-electron chi connectivity index (χ4n) is 2.60. The van der Waals surface area contributed by atoms with Gasteiger partial charge in [0.1, 0.15) is 0 Å². The lowest BCUT2D eigenvalue weighted by atomic mass is 9.82. The van der Waals surface area contributed by atoms with Crippen LogP contribution in [0.2, 0.25) is 5.02 Å². The van der Waals surface area contributed by atoms with Gasteiger partial charge in [-0.15, -0.1) is 0 Å². The number of aryl methyl sites for hydroxylation is 1. The summed E-state index contributed by atoms with van der Waals surface area (Å²) < 4.78 is 0. The molecule has 1 aromatic carbocycles. The van der Waals surface area contributed by atoms with E-state index in [1.165, 1.54) is 0 Å². The van der Waals surface area contributed by atoms with E-state index in [0.717, 1.165) is 34.0 Å². The summed E-state index contributed by atoms with van der Waals surface area (Å²) in [5, 5.41) is 7.85. The summed E-state index contributed by atoms with van der Waals surface area (Å²) in [7, 11) is 0. The summed E-state index contributed by atoms with van der Waals surface area (Å²) >= 11 is 5.88. The number of aromatic nitrogens is 2. The van der Waals surface area contributed by atoms with Crippen LogP contribution < -0.4 is 0 Å². The van der Waals surface area contributed by atoms with Crippen molar-refractivity contribution in [1.82, 2.24) is 10.2 Å². The minimum Gasteiger partial charge on any atom is -0.294 e. The first-order valence-corrected chi connectivity index (χ1v) is 6.35. The minimum atomic E-state index is 0.183. The molecule has 3 nitrogen and oxygen atoms in total. The molecule has 92 valence electrons. The molecule has 0 aliphatic heterocycles. The van der Waals surface area contributed by atoms with Crippen LogP contribution in [0.5, 0.6) is 0 Å². The van der Waals surface area contributed by atoms with Crippen molar-refractivity contribution in [2.24, 2.45) is 0 Å². The van der Waals surface area contributed by atoms with Crippen molar-refractivity contribution in [2.45, 2.75) is 25.7 Å². The van der Waals surface area contributed by atoms with Crippen LogP contribution in [0, 0.1) is 6.92 Å². The molecule has 1 N–H and O–H groups in total. The molecule has 0 amide bonds. The van der Waals surface area contributed by atoms with Gasteiger partial charge in [0.2, 0.25) is 0 Å². The second-order valence-corrected chi connectivity index (χ2v) is 5.19. The maximum atomic E-state index is 12.1. The Morgan fingerprint density at radius 2 is 2.00 bits per heavy atom. The largest absolute Gasteiger partial charge is 0.294 e. The van der Waals surface area contributed by atoms with E-state index in [9.17, 15) is 4.79 Å². The lowest BCUT2D eigenvalue weighted by Gasteiger charge is -2.21. The average molecular weight is 261 g/mol. The van der Waals surface area contributed by atoms with Gasteiger partial charge >= 0.3 is 0 Å². The number of halogens is 1. The highest BCUT2D eigenvalue weighted by molar-refractivity contribution is 6.30. The van der Waals surface area contributed by atoms with Crippen molar-refractivity contribution in [3.8, 4) is 0 Å². The van der Waals surface area contributed by atoms with Crippen LogP contribution in [0.1, 0.15) is 39.6 Å². The molecule has 0 saturated heterocycles. The van der Waals surface area contributed by atoms with E-state index in [4.69, 9.17) is 11.6 Å². The highest BCUT2D eigenvalue weighted by Gasteiger charge is 2.29. The zero-order valence-corrected chi connectivity index (χ0v) is 10.8. The van der Waals surface area contributed by atoms with Gasteiger partial charge in [-0.25, -0.2) is 0 Å². The standard InChI is InChI=1S/C14H13ClN2O/c1-8-14-12(17-16-8)6-10(7-13(14)18)9-2-4-11(15)5-3-9/h2-5,10H,6-7H2,1H3,(H,16,17). The first kappa shape index (κ1) is 11.5. The number of carbonyl (C=O) groups excluding carboxylic acids is 1. The highest BCUT2D eigenvalue weighted by Crippen LogP contribution is 2.33. The van der Waals surface area contributed by atoms with Crippen LogP contribution in [-0.2, 0) is 6.42 Å². The van der Waals surface area contributed by atoms with E-state index in [0.29, 0.717) is 6.42 Å². The van der Waals surface area contributed by atoms with Crippen molar-refractivity contribution >= 4 is 17.4 Å². The van der Waals surface area contributed by atoms with Crippen molar-refractivity contribution in [1.29, 1.82) is 0 Å². The Morgan fingerprint density at radius 1 is 1.28 bits per heavy atom. The molecule has 3 rings (SSSR count). The Balaban J connectivity index is 1.94. The second-order valence-electron chi connectivity index (χ2n) is 4.75. The van der Waals surface area contributed by atoms with Gasteiger partial charge in [-0.1, -0.05) is 23.7 Å². The molecular weight excluding hydrogens is 248 g/mol. The highest BCUT2D eigenvalue weighted by atomic mass is 35.5. The topological polar surface area (TPSA) is 45.8 Å². The fourth-order valence-corrected chi connectivity index (χ4v) is 2.73. The number of fused-ring (bicyclic) bond motifs is 1. The van der Waals surface area contributed by atoms with E-state index >= 15 is 0 Å². The summed E-state index contributed by atoms with van der Waals surface area (Å²) in [5.74, 6) is 0.396. The molecule has 2 aromatic rings. The van der Waals surface area contributed by atoms with Gasteiger partial charge in [-0.3, -0.25) is 9.89 Å². The monoisotopic (exact) mass is 260 g/mol. The van der Waals surface area contributed by atoms with Crippen LogP contribution >= 0.6 is 11.6 Å². The summed E-state index contributed by atoms with van der Waals surface area (Å²) in [6.45, 7) is 1.90. The van der Waals surface area contributed by atoms with Gasteiger partial charge in [0.05, 0.1) is 11.3 Å². The summed E-state index contributed by atoms with van der Waals surface area (Å²) in [4.78, 5) is 12.1. The predicted molar refractivity (Wildman–Crippen MR) is 70.2 cm³/mol. The van der Waals surface area contributed by atoms with Crippen molar-refractivity contribution in [3.63, 3.8) is 0 Å². The Labute approximate surface area is 110 Å². The number of hydrogen-bond donors (Lipinski definition) is 1. The minimum absolute atomic E-state index is 0.183. The predicted octanol–water partition coefficient (Wildman–Crippen LogP) is 3.28. The molecule has 0 bridgehead atoms. The van der Waals surface area contributed by atoms with Crippen LogP contribution in [-0.4, -0.2) is 16.0 Å². The van der Waals surface area contributed by atoms with Crippen LogP contribution in [0.4, 0.5) is 0 Å². The number of carbonyl (C=O) groups is 1. The van der Waals surface area contributed by atoms with Crippen LogP contribution in [0.3, 0.4) is 0 Å². The molecule has 4 heteroatoms. The van der Waals surface area contributed by atoms with E-state index in [2.05, 4.69) is 10.2 Å². The Bertz CT molecular complexity index is 601. The van der Waals surface area contributed by atoms with Crippen LogP contribution in [0.25, 0.3) is 0 Å². The van der Waals surface area contributed by atoms with Gasteiger partial charge in [0.15, 0.2) is 5.78 Å². The molecule has 0 spiro atoms. The SMILES string of the molecule is Cc1[nH]nc2c1C(=O)CC(c1ccc(Cl)cc1)C2. The lowest BCUT2D eigenvalue weighted by Crippen LogP contribution is -2.18. The van der Waals surface area contributed by atoms with Crippen molar-refractivity contribution in [2.75, 3.05) is 0 Å². The van der Waals surface area contributed by atoms with Gasteiger partial charge in [-0.05, 0) is 37.0 Å². The lowest BCUT2D eigenvalue weighted by molar-refractivity contribution is 0.0963. The zero-order valence-electron chi connectivity index (χ0n) is 10.0. The number of nitrogens with zero attached hydrogens (tertiary/aromatic N) is 1. The van der Waals surface area contributed by atoms with E-state index < -0.39 is 0 Å². The molecule has 18 heavy (non-hydrogen) atoms. The maximum absolute atomic E-state index is 12.1. The number of benzene rings is 1. The molecule has 1 aliphatic carbocycles. The summed E-state index contributed by atoms with van der Waals surface area (Å²) in [5.41, 5.74) is 3.72. The second kappa shape index (κ2) is 4.25. The number of hydrogen-bond acceptors (Lipinski definition) is 2. The maximum Gasteiger partial charge on any atom is 0.167 e. The van der Waals surface area contributed by atoms with Crippen molar-refractivity contribution < 1.29 is 4.79 Å². The summed E-state index contributed by atoms with van der Waals surface area (Å²) in [6, 6.07) is 7.72.